The number of amides is 1. The monoisotopic (exact) mass is 509 g/mol. The molecule has 2 aliphatic rings. The Hall–Kier alpha value is -3.35. The average molecular weight is 509 g/mol. The van der Waals surface area contributed by atoms with Crippen LogP contribution in [0, 0.1) is 0 Å². The number of hydrogen-bond donors (Lipinski definition) is 1. The number of carbonyl (C=O) groups is 1. The van der Waals surface area contributed by atoms with Gasteiger partial charge in [0.15, 0.2) is 0 Å². The summed E-state index contributed by atoms with van der Waals surface area (Å²) in [6, 6.07) is 25.0. The van der Waals surface area contributed by atoms with Crippen molar-refractivity contribution in [1.82, 2.24) is 5.32 Å². The highest BCUT2D eigenvalue weighted by Gasteiger charge is 2.52. The molecule has 0 unspecified atom stereocenters. The fourth-order valence-electron chi connectivity index (χ4n) is 5.08. The third kappa shape index (κ3) is 5.16. The Morgan fingerprint density at radius 2 is 1.45 bits per heavy atom. The standard InChI is InChI=1S/C32H36BNO4/c1-6-22-15-17-23(18-16-22)19-24(33-37-31(2,3)32(4,5)38-33)20-34-30(35)36-21-29-27-13-9-7-11-25(27)26-12-8-10-14-28(26)29/h7-19,29H,6,20-21H2,1-5H3,(H,34,35). The molecule has 0 radical (unpaired) electrons. The number of ether oxygens (including phenoxy) is 1. The summed E-state index contributed by atoms with van der Waals surface area (Å²) in [5, 5.41) is 2.94. The van der Waals surface area contributed by atoms with Crippen molar-refractivity contribution < 1.29 is 18.8 Å². The van der Waals surface area contributed by atoms with Crippen molar-refractivity contribution in [2.75, 3.05) is 13.2 Å². The molecule has 38 heavy (non-hydrogen) atoms. The molecule has 0 atom stereocenters. The van der Waals surface area contributed by atoms with Crippen molar-refractivity contribution in [3.05, 3.63) is 101 Å². The predicted octanol–water partition coefficient (Wildman–Crippen LogP) is 6.80. The first kappa shape index (κ1) is 26.3. The molecular formula is C32H36BNO4. The van der Waals surface area contributed by atoms with Crippen LogP contribution >= 0.6 is 0 Å². The van der Waals surface area contributed by atoms with Crippen molar-refractivity contribution in [3.63, 3.8) is 0 Å². The number of benzene rings is 3. The van der Waals surface area contributed by atoms with Crippen molar-refractivity contribution in [1.29, 1.82) is 0 Å². The Morgan fingerprint density at radius 1 is 0.895 bits per heavy atom. The van der Waals surface area contributed by atoms with E-state index in [1.807, 2.05) is 58.0 Å². The van der Waals surface area contributed by atoms with Crippen LogP contribution in [0.3, 0.4) is 0 Å². The van der Waals surface area contributed by atoms with E-state index in [9.17, 15) is 4.79 Å². The highest BCUT2D eigenvalue weighted by atomic mass is 16.7. The molecular weight excluding hydrogens is 473 g/mol. The number of fused-ring (bicyclic) bond motifs is 3. The zero-order chi connectivity index (χ0) is 26.9. The zero-order valence-corrected chi connectivity index (χ0v) is 22.9. The Morgan fingerprint density at radius 3 is 2.00 bits per heavy atom. The SMILES string of the molecule is CCc1ccc(C=C(CNC(=O)OCC2c3ccccc3-c3ccccc32)B2OC(C)(C)C(C)(C)O2)cc1. The van der Waals surface area contributed by atoms with Gasteiger partial charge in [-0.05, 0) is 73.0 Å². The molecule has 1 N–H and O–H groups in total. The first-order valence-electron chi connectivity index (χ1n) is 13.4. The zero-order valence-electron chi connectivity index (χ0n) is 22.9. The lowest BCUT2D eigenvalue weighted by Gasteiger charge is -2.32. The van der Waals surface area contributed by atoms with Gasteiger partial charge in [0.25, 0.3) is 0 Å². The second-order valence-electron chi connectivity index (χ2n) is 11.1. The molecule has 1 heterocycles. The van der Waals surface area contributed by atoms with E-state index in [0.717, 1.165) is 17.5 Å². The minimum Gasteiger partial charge on any atom is -0.449 e. The number of carbonyl (C=O) groups excluding carboxylic acids is 1. The Kier molecular flexibility index (Phi) is 7.21. The molecule has 0 aromatic heterocycles. The van der Waals surface area contributed by atoms with Gasteiger partial charge >= 0.3 is 13.2 Å². The number of alkyl carbamates (subject to hydrolysis) is 1. The molecule has 196 valence electrons. The topological polar surface area (TPSA) is 56.8 Å². The van der Waals surface area contributed by atoms with Crippen LogP contribution in [0.4, 0.5) is 4.79 Å². The lowest BCUT2D eigenvalue weighted by atomic mass is 9.77. The maximum atomic E-state index is 12.9. The average Bonchev–Trinajstić information content (AvgIpc) is 3.34. The van der Waals surface area contributed by atoms with Crippen molar-refractivity contribution >= 4 is 19.3 Å². The van der Waals surface area contributed by atoms with Gasteiger partial charge < -0.3 is 19.4 Å². The molecule has 0 bridgehead atoms. The summed E-state index contributed by atoms with van der Waals surface area (Å²) >= 11 is 0. The van der Waals surface area contributed by atoms with Gasteiger partial charge in [0.05, 0.1) is 11.2 Å². The van der Waals surface area contributed by atoms with Gasteiger partial charge in [0.1, 0.15) is 6.61 Å². The van der Waals surface area contributed by atoms with E-state index in [1.165, 1.54) is 27.8 Å². The van der Waals surface area contributed by atoms with Crippen LogP contribution in [-0.4, -0.2) is 37.6 Å². The van der Waals surface area contributed by atoms with Crippen LogP contribution in [0.1, 0.15) is 62.8 Å². The van der Waals surface area contributed by atoms with E-state index in [0.29, 0.717) is 0 Å². The number of rotatable bonds is 7. The summed E-state index contributed by atoms with van der Waals surface area (Å²) in [6.45, 7) is 10.8. The fraction of sp³-hybridized carbons (Fsp3) is 0.344. The molecule has 1 amide bonds. The van der Waals surface area contributed by atoms with Crippen LogP contribution < -0.4 is 5.32 Å². The second-order valence-corrected chi connectivity index (χ2v) is 11.1. The lowest BCUT2D eigenvalue weighted by Crippen LogP contribution is -2.41. The van der Waals surface area contributed by atoms with E-state index >= 15 is 0 Å². The highest BCUT2D eigenvalue weighted by molar-refractivity contribution is 6.56. The lowest BCUT2D eigenvalue weighted by molar-refractivity contribution is 0.00578. The van der Waals surface area contributed by atoms with Crippen molar-refractivity contribution in [2.45, 2.75) is 58.2 Å². The molecule has 0 spiro atoms. The molecule has 1 fully saturated rings. The first-order chi connectivity index (χ1) is 18.2. The van der Waals surface area contributed by atoms with Gasteiger partial charge in [-0.2, -0.15) is 0 Å². The van der Waals surface area contributed by atoms with Crippen molar-refractivity contribution in [2.24, 2.45) is 0 Å². The van der Waals surface area contributed by atoms with Crippen LogP contribution in [0.25, 0.3) is 17.2 Å². The summed E-state index contributed by atoms with van der Waals surface area (Å²) in [6.07, 6.45) is 2.55. The van der Waals surface area contributed by atoms with Gasteiger partial charge in [-0.3, -0.25) is 0 Å². The summed E-state index contributed by atoms with van der Waals surface area (Å²) < 4.78 is 18.4. The Bertz CT molecular complexity index is 1280. The first-order valence-corrected chi connectivity index (χ1v) is 13.4. The molecule has 3 aromatic rings. The van der Waals surface area contributed by atoms with E-state index in [-0.39, 0.29) is 19.1 Å². The quantitative estimate of drug-likeness (QED) is 0.356. The fourth-order valence-corrected chi connectivity index (χ4v) is 5.08. The third-order valence-electron chi connectivity index (χ3n) is 8.08. The Balaban J connectivity index is 1.29. The van der Waals surface area contributed by atoms with Crippen LogP contribution in [0.5, 0.6) is 0 Å². The molecule has 5 rings (SSSR count). The summed E-state index contributed by atoms with van der Waals surface area (Å²) in [5.74, 6) is 0.0170. The summed E-state index contributed by atoms with van der Waals surface area (Å²) in [4.78, 5) is 12.9. The van der Waals surface area contributed by atoms with Crippen LogP contribution in [-0.2, 0) is 20.5 Å². The maximum Gasteiger partial charge on any atom is 0.492 e. The molecule has 6 heteroatoms. The second kappa shape index (κ2) is 10.4. The molecule has 0 saturated carbocycles. The van der Waals surface area contributed by atoms with Crippen LogP contribution in [0.15, 0.2) is 78.3 Å². The molecule has 3 aromatic carbocycles. The number of aryl methyl sites for hydroxylation is 1. The van der Waals surface area contributed by atoms with Crippen LogP contribution in [0.2, 0.25) is 0 Å². The largest absolute Gasteiger partial charge is 0.492 e. The van der Waals surface area contributed by atoms with E-state index in [2.05, 4.69) is 60.8 Å². The minimum atomic E-state index is -0.570. The van der Waals surface area contributed by atoms with Gasteiger partial charge in [-0.25, -0.2) is 4.79 Å². The third-order valence-corrected chi connectivity index (χ3v) is 8.08. The molecule has 1 aliphatic carbocycles. The van der Waals surface area contributed by atoms with Gasteiger partial charge in [-0.15, -0.1) is 0 Å². The predicted molar refractivity (Wildman–Crippen MR) is 153 cm³/mol. The van der Waals surface area contributed by atoms with Gasteiger partial charge in [-0.1, -0.05) is 85.8 Å². The molecule has 1 aliphatic heterocycles. The van der Waals surface area contributed by atoms with Gasteiger partial charge in [0.2, 0.25) is 0 Å². The minimum absolute atomic E-state index is 0.0170. The molecule has 1 saturated heterocycles. The smallest absolute Gasteiger partial charge is 0.449 e. The molecule has 5 nitrogen and oxygen atoms in total. The summed E-state index contributed by atoms with van der Waals surface area (Å²) in [5.41, 5.74) is 6.97. The normalized spacial score (nSPS) is 17.7. The van der Waals surface area contributed by atoms with E-state index in [1.54, 1.807) is 0 Å². The Labute approximate surface area is 226 Å². The highest BCUT2D eigenvalue weighted by Crippen LogP contribution is 2.44. The summed E-state index contributed by atoms with van der Waals surface area (Å²) in [7, 11) is -0.570. The van der Waals surface area contributed by atoms with E-state index < -0.39 is 24.4 Å². The van der Waals surface area contributed by atoms with E-state index in [4.69, 9.17) is 14.0 Å². The number of nitrogens with one attached hydrogen (secondary N) is 1. The maximum absolute atomic E-state index is 12.9. The van der Waals surface area contributed by atoms with Gasteiger partial charge in [0, 0.05) is 12.5 Å². The van der Waals surface area contributed by atoms with Crippen molar-refractivity contribution in [3.8, 4) is 11.1 Å². The number of hydrogen-bond acceptors (Lipinski definition) is 4.